The van der Waals surface area contributed by atoms with Crippen molar-refractivity contribution in [2.75, 3.05) is 25.1 Å². The predicted octanol–water partition coefficient (Wildman–Crippen LogP) is 1.72. The third-order valence-corrected chi connectivity index (χ3v) is 4.59. The van der Waals surface area contributed by atoms with Gasteiger partial charge in [0.2, 0.25) is 0 Å². The molecule has 0 aromatic heterocycles. The van der Waals surface area contributed by atoms with Crippen LogP contribution in [0.3, 0.4) is 0 Å². The molecule has 110 valence electrons. The van der Waals surface area contributed by atoms with Gasteiger partial charge < -0.3 is 4.90 Å². The van der Waals surface area contributed by atoms with Gasteiger partial charge in [-0.3, -0.25) is 4.79 Å². The average Bonchev–Trinajstić information content (AvgIpc) is 2.37. The van der Waals surface area contributed by atoms with Crippen LogP contribution in [0.5, 0.6) is 0 Å². The van der Waals surface area contributed by atoms with Crippen LogP contribution >= 0.6 is 0 Å². The van der Waals surface area contributed by atoms with Crippen LogP contribution in [0.25, 0.3) is 0 Å². The van der Waals surface area contributed by atoms with Gasteiger partial charge in [0.25, 0.3) is 5.91 Å². The second-order valence-corrected chi connectivity index (χ2v) is 7.52. The van der Waals surface area contributed by atoms with Crippen LogP contribution < -0.4 is 0 Å². The summed E-state index contributed by atoms with van der Waals surface area (Å²) in [6, 6.07) is 5.63. The highest BCUT2D eigenvalue weighted by molar-refractivity contribution is 7.90. The Kier molecular flexibility index (Phi) is 4.42. The van der Waals surface area contributed by atoms with E-state index in [1.165, 1.54) is 24.5 Å². The van der Waals surface area contributed by atoms with Crippen molar-refractivity contribution in [3.05, 3.63) is 35.6 Å². The van der Waals surface area contributed by atoms with Gasteiger partial charge in [-0.2, -0.15) is 0 Å². The van der Waals surface area contributed by atoms with Crippen molar-refractivity contribution in [3.63, 3.8) is 0 Å². The van der Waals surface area contributed by atoms with Crippen molar-refractivity contribution >= 4 is 15.7 Å². The lowest BCUT2D eigenvalue weighted by molar-refractivity contribution is 0.0698. The van der Waals surface area contributed by atoms with Gasteiger partial charge >= 0.3 is 0 Å². The van der Waals surface area contributed by atoms with E-state index in [0.29, 0.717) is 31.5 Å². The topological polar surface area (TPSA) is 54.5 Å². The van der Waals surface area contributed by atoms with E-state index in [9.17, 15) is 17.6 Å². The molecular formula is C14H18FNO3S. The molecule has 1 aliphatic rings. The van der Waals surface area contributed by atoms with E-state index in [2.05, 4.69) is 0 Å². The van der Waals surface area contributed by atoms with Crippen molar-refractivity contribution in [1.82, 2.24) is 4.90 Å². The summed E-state index contributed by atoms with van der Waals surface area (Å²) in [5.41, 5.74) is 0.339. The van der Waals surface area contributed by atoms with Gasteiger partial charge in [-0.25, -0.2) is 12.8 Å². The Morgan fingerprint density at radius 3 is 2.55 bits per heavy atom. The molecule has 1 aromatic carbocycles. The Hall–Kier alpha value is -1.43. The van der Waals surface area contributed by atoms with Gasteiger partial charge in [0.05, 0.1) is 5.75 Å². The number of piperidine rings is 1. The smallest absolute Gasteiger partial charge is 0.253 e. The van der Waals surface area contributed by atoms with E-state index in [0.717, 1.165) is 0 Å². The second-order valence-electron chi connectivity index (χ2n) is 5.34. The quantitative estimate of drug-likeness (QED) is 0.854. The third kappa shape index (κ3) is 4.03. The molecule has 0 unspecified atom stereocenters. The Balaban J connectivity index is 1.95. The number of hydrogen-bond acceptors (Lipinski definition) is 3. The van der Waals surface area contributed by atoms with Crippen molar-refractivity contribution in [3.8, 4) is 0 Å². The Morgan fingerprint density at radius 2 is 2.00 bits per heavy atom. The highest BCUT2D eigenvalue weighted by Gasteiger charge is 2.25. The first-order valence-corrected chi connectivity index (χ1v) is 8.64. The third-order valence-electron chi connectivity index (χ3n) is 3.51. The molecule has 2 rings (SSSR count). The lowest BCUT2D eigenvalue weighted by Crippen LogP contribution is -2.39. The molecule has 1 saturated heterocycles. The van der Waals surface area contributed by atoms with E-state index in [1.807, 2.05) is 0 Å². The molecule has 0 radical (unpaired) electrons. The Labute approximate surface area is 118 Å². The number of sulfone groups is 1. The van der Waals surface area contributed by atoms with E-state index in [1.54, 1.807) is 11.0 Å². The van der Waals surface area contributed by atoms with Crippen LogP contribution in [-0.4, -0.2) is 44.3 Å². The predicted molar refractivity (Wildman–Crippen MR) is 74.7 cm³/mol. The fourth-order valence-electron chi connectivity index (χ4n) is 2.53. The van der Waals surface area contributed by atoms with Gasteiger partial charge in [0, 0.05) is 24.9 Å². The number of benzene rings is 1. The first-order valence-electron chi connectivity index (χ1n) is 6.58. The van der Waals surface area contributed by atoms with Gasteiger partial charge in [0.15, 0.2) is 0 Å². The van der Waals surface area contributed by atoms with Crippen LogP contribution in [0.2, 0.25) is 0 Å². The minimum atomic E-state index is -2.97. The van der Waals surface area contributed by atoms with E-state index >= 15 is 0 Å². The van der Waals surface area contributed by atoms with Crippen LogP contribution in [0, 0.1) is 11.7 Å². The molecule has 1 aromatic rings. The molecule has 1 fully saturated rings. The van der Waals surface area contributed by atoms with Crippen molar-refractivity contribution < 1.29 is 17.6 Å². The second kappa shape index (κ2) is 5.91. The van der Waals surface area contributed by atoms with Gasteiger partial charge in [-0.1, -0.05) is 6.07 Å². The summed E-state index contributed by atoms with van der Waals surface area (Å²) in [5.74, 6) is -0.332. The molecule has 0 saturated carbocycles. The number of carbonyl (C=O) groups is 1. The summed E-state index contributed by atoms with van der Waals surface area (Å²) in [6.45, 7) is 1.05. The average molecular weight is 299 g/mol. The standard InChI is InChI=1S/C14H18FNO3S/c1-20(18,19)10-11-5-7-16(8-6-11)14(17)12-3-2-4-13(15)9-12/h2-4,9,11H,5-8,10H2,1H3. The zero-order chi connectivity index (χ0) is 14.8. The Bertz CT molecular complexity index is 592. The summed E-state index contributed by atoms with van der Waals surface area (Å²) in [7, 11) is -2.97. The van der Waals surface area contributed by atoms with E-state index in [4.69, 9.17) is 0 Å². The number of likely N-dealkylation sites (tertiary alicyclic amines) is 1. The van der Waals surface area contributed by atoms with Crippen LogP contribution in [0.1, 0.15) is 23.2 Å². The van der Waals surface area contributed by atoms with Crippen molar-refractivity contribution in [1.29, 1.82) is 0 Å². The molecule has 0 atom stereocenters. The van der Waals surface area contributed by atoms with Crippen molar-refractivity contribution in [2.24, 2.45) is 5.92 Å². The highest BCUT2D eigenvalue weighted by atomic mass is 32.2. The maximum atomic E-state index is 13.1. The molecule has 0 N–H and O–H groups in total. The first kappa shape index (κ1) is 15.0. The molecule has 1 heterocycles. The lowest BCUT2D eigenvalue weighted by Gasteiger charge is -2.31. The molecule has 0 aliphatic carbocycles. The number of hydrogen-bond donors (Lipinski definition) is 0. The molecule has 0 bridgehead atoms. The summed E-state index contributed by atoms with van der Waals surface area (Å²) in [6.07, 6.45) is 2.58. The molecule has 0 spiro atoms. The van der Waals surface area contributed by atoms with Crippen molar-refractivity contribution in [2.45, 2.75) is 12.8 Å². The van der Waals surface area contributed by atoms with Crippen LogP contribution in [-0.2, 0) is 9.84 Å². The van der Waals surface area contributed by atoms with E-state index < -0.39 is 15.7 Å². The fraction of sp³-hybridized carbons (Fsp3) is 0.500. The van der Waals surface area contributed by atoms with Crippen LogP contribution in [0.15, 0.2) is 24.3 Å². The van der Waals surface area contributed by atoms with Gasteiger partial charge in [0.1, 0.15) is 15.7 Å². The van der Waals surface area contributed by atoms with Gasteiger partial charge in [-0.05, 0) is 37.0 Å². The maximum Gasteiger partial charge on any atom is 0.253 e. The normalized spacial score (nSPS) is 17.2. The SMILES string of the molecule is CS(=O)(=O)CC1CCN(C(=O)c2cccc(F)c2)CC1. The summed E-state index contributed by atoms with van der Waals surface area (Å²) in [5, 5.41) is 0. The zero-order valence-corrected chi connectivity index (χ0v) is 12.2. The maximum absolute atomic E-state index is 13.1. The Morgan fingerprint density at radius 1 is 1.35 bits per heavy atom. The largest absolute Gasteiger partial charge is 0.339 e. The summed E-state index contributed by atoms with van der Waals surface area (Å²) < 4.78 is 35.6. The van der Waals surface area contributed by atoms with E-state index in [-0.39, 0.29) is 17.6 Å². The molecule has 1 amide bonds. The first-order chi connectivity index (χ1) is 9.35. The number of nitrogens with zero attached hydrogens (tertiary/aromatic N) is 1. The molecule has 4 nitrogen and oxygen atoms in total. The zero-order valence-electron chi connectivity index (χ0n) is 11.4. The monoisotopic (exact) mass is 299 g/mol. The van der Waals surface area contributed by atoms with Gasteiger partial charge in [-0.15, -0.1) is 0 Å². The fourth-order valence-corrected chi connectivity index (χ4v) is 3.72. The minimum absolute atomic E-state index is 0.113. The number of amides is 1. The molecule has 20 heavy (non-hydrogen) atoms. The number of rotatable bonds is 3. The number of halogens is 1. The summed E-state index contributed by atoms with van der Waals surface area (Å²) >= 11 is 0. The summed E-state index contributed by atoms with van der Waals surface area (Å²) in [4.78, 5) is 13.8. The number of carbonyl (C=O) groups excluding carboxylic acids is 1. The van der Waals surface area contributed by atoms with Crippen LogP contribution in [0.4, 0.5) is 4.39 Å². The molecular weight excluding hydrogens is 281 g/mol. The molecule has 1 aliphatic heterocycles. The molecule has 6 heteroatoms. The minimum Gasteiger partial charge on any atom is -0.339 e. The highest BCUT2D eigenvalue weighted by Crippen LogP contribution is 2.20. The lowest BCUT2D eigenvalue weighted by atomic mass is 9.98.